The first-order valence-corrected chi connectivity index (χ1v) is 4.98. The number of carbonyl (C=O) groups excluding carboxylic acids is 2. The van der Waals surface area contributed by atoms with E-state index >= 15 is 0 Å². The molecule has 0 aliphatic carbocycles. The van der Waals surface area contributed by atoms with Crippen LogP contribution in [0.3, 0.4) is 0 Å². The van der Waals surface area contributed by atoms with E-state index in [9.17, 15) is 14.7 Å². The van der Waals surface area contributed by atoms with Crippen molar-refractivity contribution in [3.8, 4) is 0 Å². The molecule has 0 radical (unpaired) electrons. The predicted molar refractivity (Wildman–Crippen MR) is 57.2 cm³/mol. The highest BCUT2D eigenvalue weighted by atomic mass is 16.3. The molecule has 0 saturated heterocycles. The molecule has 5 nitrogen and oxygen atoms in total. The quantitative estimate of drug-likeness (QED) is 0.608. The van der Waals surface area contributed by atoms with Crippen molar-refractivity contribution < 1.29 is 14.7 Å². The highest BCUT2D eigenvalue weighted by Gasteiger charge is 2.26. The summed E-state index contributed by atoms with van der Waals surface area (Å²) in [6.07, 6.45) is 0. The van der Waals surface area contributed by atoms with Crippen LogP contribution in [0.2, 0.25) is 0 Å². The summed E-state index contributed by atoms with van der Waals surface area (Å²) in [5.41, 5.74) is -1.47. The highest BCUT2D eigenvalue weighted by molar-refractivity contribution is 5.90. The molecule has 0 heterocycles. The number of aliphatic hydroxyl groups is 1. The third-order valence-corrected chi connectivity index (χ3v) is 1.73. The standard InChI is InChI=1S/C10H20N2O3/c1-6(2)11-8(13)7(3)12-9(14)10(4,5)15/h6-7,15H,1-5H3,(H,11,13)(H,12,14). The maximum absolute atomic E-state index is 11.4. The summed E-state index contributed by atoms with van der Waals surface area (Å²) >= 11 is 0. The molecule has 0 spiro atoms. The Kier molecular flexibility index (Phi) is 4.74. The van der Waals surface area contributed by atoms with E-state index in [1.54, 1.807) is 6.92 Å². The zero-order valence-electron chi connectivity index (χ0n) is 9.92. The van der Waals surface area contributed by atoms with Gasteiger partial charge in [0.25, 0.3) is 5.91 Å². The number of hydrogen-bond acceptors (Lipinski definition) is 3. The molecule has 0 aromatic rings. The molecule has 0 bridgehead atoms. The topological polar surface area (TPSA) is 78.4 Å². The van der Waals surface area contributed by atoms with Crippen molar-refractivity contribution in [1.29, 1.82) is 0 Å². The van der Waals surface area contributed by atoms with Crippen molar-refractivity contribution in [1.82, 2.24) is 10.6 Å². The van der Waals surface area contributed by atoms with E-state index in [0.29, 0.717) is 0 Å². The molecule has 2 amide bonds. The lowest BCUT2D eigenvalue weighted by atomic mass is 10.1. The van der Waals surface area contributed by atoms with Crippen LogP contribution in [-0.2, 0) is 9.59 Å². The molecule has 0 aliphatic rings. The van der Waals surface area contributed by atoms with Gasteiger partial charge in [0.05, 0.1) is 0 Å². The second-order valence-corrected chi connectivity index (χ2v) is 4.42. The van der Waals surface area contributed by atoms with Gasteiger partial charge in [-0.15, -0.1) is 0 Å². The molecule has 0 saturated carbocycles. The maximum atomic E-state index is 11.4. The van der Waals surface area contributed by atoms with E-state index in [0.717, 1.165) is 0 Å². The van der Waals surface area contributed by atoms with Crippen LogP contribution in [0.4, 0.5) is 0 Å². The fourth-order valence-electron chi connectivity index (χ4n) is 0.848. The molecule has 0 fully saturated rings. The van der Waals surface area contributed by atoms with E-state index in [2.05, 4.69) is 10.6 Å². The lowest BCUT2D eigenvalue weighted by Crippen LogP contribution is -2.52. The molecule has 3 N–H and O–H groups in total. The fraction of sp³-hybridized carbons (Fsp3) is 0.800. The second-order valence-electron chi connectivity index (χ2n) is 4.42. The first-order chi connectivity index (χ1) is 6.64. The molecule has 0 aromatic carbocycles. The van der Waals surface area contributed by atoms with Gasteiger partial charge in [0.15, 0.2) is 0 Å². The number of amides is 2. The van der Waals surface area contributed by atoms with Gasteiger partial charge in [-0.05, 0) is 34.6 Å². The summed E-state index contributed by atoms with van der Waals surface area (Å²) in [4.78, 5) is 22.7. The van der Waals surface area contributed by atoms with Gasteiger partial charge in [0.2, 0.25) is 5.91 Å². The summed E-state index contributed by atoms with van der Waals surface area (Å²) < 4.78 is 0. The average Bonchev–Trinajstić information content (AvgIpc) is 2.00. The van der Waals surface area contributed by atoms with Gasteiger partial charge in [0, 0.05) is 6.04 Å². The minimum absolute atomic E-state index is 0.0268. The van der Waals surface area contributed by atoms with Crippen molar-refractivity contribution in [3.63, 3.8) is 0 Å². The van der Waals surface area contributed by atoms with Crippen LogP contribution in [0.1, 0.15) is 34.6 Å². The van der Waals surface area contributed by atoms with Crippen molar-refractivity contribution in [3.05, 3.63) is 0 Å². The minimum atomic E-state index is -1.47. The molecule has 88 valence electrons. The van der Waals surface area contributed by atoms with Crippen LogP contribution < -0.4 is 10.6 Å². The Bertz CT molecular complexity index is 244. The summed E-state index contributed by atoms with van der Waals surface area (Å²) in [6, 6.07) is -0.620. The van der Waals surface area contributed by atoms with Gasteiger partial charge >= 0.3 is 0 Å². The molecule has 0 rings (SSSR count). The summed E-state index contributed by atoms with van der Waals surface area (Å²) in [5.74, 6) is -0.823. The third-order valence-electron chi connectivity index (χ3n) is 1.73. The third kappa shape index (κ3) is 5.37. The highest BCUT2D eigenvalue weighted by Crippen LogP contribution is 2.00. The normalized spacial score (nSPS) is 13.5. The number of carbonyl (C=O) groups is 2. The summed E-state index contributed by atoms with van der Waals surface area (Å²) in [5, 5.41) is 14.4. The summed E-state index contributed by atoms with van der Waals surface area (Å²) in [7, 11) is 0. The zero-order valence-corrected chi connectivity index (χ0v) is 9.92. The van der Waals surface area contributed by atoms with Gasteiger partial charge in [-0.25, -0.2) is 0 Å². The number of nitrogens with one attached hydrogen (secondary N) is 2. The Hall–Kier alpha value is -1.10. The molecule has 1 atom stereocenters. The van der Waals surface area contributed by atoms with Crippen molar-refractivity contribution >= 4 is 11.8 Å². The zero-order chi connectivity index (χ0) is 12.2. The molecular weight excluding hydrogens is 196 g/mol. The Balaban J connectivity index is 4.20. The molecular formula is C10H20N2O3. The van der Waals surface area contributed by atoms with Crippen molar-refractivity contribution in [2.45, 2.75) is 52.3 Å². The second kappa shape index (κ2) is 5.11. The van der Waals surface area contributed by atoms with Gasteiger partial charge in [-0.1, -0.05) is 0 Å². The van der Waals surface area contributed by atoms with E-state index in [-0.39, 0.29) is 11.9 Å². The monoisotopic (exact) mass is 216 g/mol. The fourth-order valence-corrected chi connectivity index (χ4v) is 0.848. The van der Waals surface area contributed by atoms with Gasteiger partial charge in [0.1, 0.15) is 11.6 Å². The molecule has 15 heavy (non-hydrogen) atoms. The SMILES string of the molecule is CC(C)NC(=O)C(C)NC(=O)C(C)(C)O. The van der Waals surface area contributed by atoms with E-state index in [1.165, 1.54) is 13.8 Å². The predicted octanol–water partition coefficient (Wildman–Crippen LogP) is -0.213. The molecule has 5 heteroatoms. The molecule has 0 aromatic heterocycles. The largest absolute Gasteiger partial charge is 0.381 e. The van der Waals surface area contributed by atoms with Gasteiger partial charge < -0.3 is 15.7 Å². The van der Waals surface area contributed by atoms with Crippen LogP contribution in [0.15, 0.2) is 0 Å². The lowest BCUT2D eigenvalue weighted by Gasteiger charge is -2.21. The van der Waals surface area contributed by atoms with Crippen LogP contribution in [-0.4, -0.2) is 34.6 Å². The summed E-state index contributed by atoms with van der Waals surface area (Å²) in [6.45, 7) is 7.98. The smallest absolute Gasteiger partial charge is 0.252 e. The van der Waals surface area contributed by atoms with E-state index < -0.39 is 17.6 Å². The number of rotatable bonds is 4. The van der Waals surface area contributed by atoms with Crippen LogP contribution in [0.5, 0.6) is 0 Å². The first kappa shape index (κ1) is 13.9. The van der Waals surface area contributed by atoms with Crippen molar-refractivity contribution in [2.75, 3.05) is 0 Å². The van der Waals surface area contributed by atoms with Crippen LogP contribution in [0, 0.1) is 0 Å². The van der Waals surface area contributed by atoms with Crippen molar-refractivity contribution in [2.24, 2.45) is 0 Å². The average molecular weight is 216 g/mol. The maximum Gasteiger partial charge on any atom is 0.252 e. The van der Waals surface area contributed by atoms with Crippen LogP contribution in [0.25, 0.3) is 0 Å². The van der Waals surface area contributed by atoms with E-state index in [1.807, 2.05) is 13.8 Å². The Morgan fingerprint density at radius 3 is 1.93 bits per heavy atom. The first-order valence-electron chi connectivity index (χ1n) is 4.98. The van der Waals surface area contributed by atoms with Gasteiger partial charge in [-0.2, -0.15) is 0 Å². The molecule has 1 unspecified atom stereocenters. The lowest BCUT2D eigenvalue weighted by molar-refractivity contribution is -0.139. The van der Waals surface area contributed by atoms with E-state index in [4.69, 9.17) is 0 Å². The Morgan fingerprint density at radius 2 is 1.60 bits per heavy atom. The Labute approximate surface area is 90.2 Å². The minimum Gasteiger partial charge on any atom is -0.381 e. The number of hydrogen-bond donors (Lipinski definition) is 3. The van der Waals surface area contributed by atoms with Crippen LogP contribution >= 0.6 is 0 Å². The van der Waals surface area contributed by atoms with Gasteiger partial charge in [-0.3, -0.25) is 9.59 Å². The molecule has 0 aliphatic heterocycles. The Morgan fingerprint density at radius 1 is 1.13 bits per heavy atom.